The van der Waals surface area contributed by atoms with Crippen LogP contribution in [-0.4, -0.2) is 45.6 Å². The van der Waals surface area contributed by atoms with E-state index in [0.717, 1.165) is 34.0 Å². The first-order chi connectivity index (χ1) is 11.0. The number of thioether (sulfide) groups is 1. The molecule has 5 heteroatoms. The molecule has 2 heterocycles. The van der Waals surface area contributed by atoms with E-state index in [2.05, 4.69) is 28.2 Å². The normalized spacial score (nSPS) is 19.0. The zero-order valence-corrected chi connectivity index (χ0v) is 14.7. The summed E-state index contributed by atoms with van der Waals surface area (Å²) in [5.74, 6) is 0.261. The van der Waals surface area contributed by atoms with Gasteiger partial charge in [0, 0.05) is 17.4 Å². The molecule has 1 saturated heterocycles. The third kappa shape index (κ3) is 3.85. The molecule has 1 aromatic carbocycles. The van der Waals surface area contributed by atoms with Gasteiger partial charge in [-0.1, -0.05) is 17.8 Å². The molecule has 1 N–H and O–H groups in total. The first-order valence-electron chi connectivity index (χ1n) is 8.02. The Balaban J connectivity index is 1.80. The Morgan fingerprint density at radius 1 is 1.22 bits per heavy atom. The molecule has 0 unspecified atom stereocenters. The van der Waals surface area contributed by atoms with Gasteiger partial charge >= 0.3 is 0 Å². The fourth-order valence-corrected chi connectivity index (χ4v) is 4.30. The van der Waals surface area contributed by atoms with Crippen LogP contribution in [0.3, 0.4) is 0 Å². The van der Waals surface area contributed by atoms with Gasteiger partial charge in [-0.3, -0.25) is 0 Å². The maximum Gasteiger partial charge on any atom is 0.125 e. The van der Waals surface area contributed by atoms with Crippen LogP contribution in [-0.2, 0) is 0 Å². The zero-order chi connectivity index (χ0) is 16.4. The van der Waals surface area contributed by atoms with E-state index in [1.165, 1.54) is 19.4 Å². The van der Waals surface area contributed by atoms with Crippen LogP contribution >= 0.6 is 11.8 Å². The Morgan fingerprint density at radius 2 is 2.04 bits per heavy atom. The van der Waals surface area contributed by atoms with Crippen molar-refractivity contribution >= 4 is 11.8 Å². The highest BCUT2D eigenvalue weighted by molar-refractivity contribution is 7.99. The van der Waals surface area contributed by atoms with Crippen LogP contribution in [0.1, 0.15) is 24.0 Å². The second-order valence-electron chi connectivity index (χ2n) is 6.38. The summed E-state index contributed by atoms with van der Waals surface area (Å²) in [5, 5.41) is 20.5. The van der Waals surface area contributed by atoms with Crippen LogP contribution in [0, 0.1) is 13.8 Å². The molecule has 1 aliphatic rings. The second-order valence-corrected chi connectivity index (χ2v) is 7.70. The zero-order valence-electron chi connectivity index (χ0n) is 13.9. The fraction of sp³-hybridized carbons (Fsp3) is 0.444. The quantitative estimate of drug-likeness (QED) is 0.931. The Labute approximate surface area is 141 Å². The monoisotopic (exact) mass is 329 g/mol. The van der Waals surface area contributed by atoms with E-state index < -0.39 is 0 Å². The summed E-state index contributed by atoms with van der Waals surface area (Å²) >= 11 is 1.82. The summed E-state index contributed by atoms with van der Waals surface area (Å²) in [4.78, 5) is 2.38. The average molecular weight is 329 g/mol. The molecule has 1 atom stereocenters. The van der Waals surface area contributed by atoms with Crippen molar-refractivity contribution < 1.29 is 5.11 Å². The predicted octanol–water partition coefficient (Wildman–Crippen LogP) is 3.65. The van der Waals surface area contributed by atoms with E-state index in [1.54, 1.807) is 6.07 Å². The van der Waals surface area contributed by atoms with Crippen molar-refractivity contribution in [2.75, 3.05) is 20.1 Å². The number of hydrogen-bond acceptors (Lipinski definition) is 5. The third-order valence-corrected chi connectivity index (χ3v) is 5.40. The second kappa shape index (κ2) is 6.89. The number of aromatic nitrogens is 2. The summed E-state index contributed by atoms with van der Waals surface area (Å²) < 4.78 is 0. The smallest absolute Gasteiger partial charge is 0.125 e. The molecule has 0 saturated carbocycles. The largest absolute Gasteiger partial charge is 0.507 e. The molecule has 1 aliphatic heterocycles. The van der Waals surface area contributed by atoms with E-state index in [0.29, 0.717) is 5.25 Å². The molecular formula is C18H23N3OS. The van der Waals surface area contributed by atoms with Crippen LogP contribution < -0.4 is 0 Å². The van der Waals surface area contributed by atoms with Gasteiger partial charge < -0.3 is 10.0 Å². The predicted molar refractivity (Wildman–Crippen MR) is 95.0 cm³/mol. The number of nitrogens with zero attached hydrogens (tertiary/aromatic N) is 3. The molecule has 1 fully saturated rings. The molecule has 1 aromatic heterocycles. The van der Waals surface area contributed by atoms with E-state index in [9.17, 15) is 5.11 Å². The topological polar surface area (TPSA) is 49.2 Å². The van der Waals surface area contributed by atoms with E-state index in [-0.39, 0.29) is 5.75 Å². The molecule has 0 spiro atoms. The standard InChI is InChI=1S/C18H23N3OS/c1-12-6-7-15(16(22)9-12)18-13(2)10-17(19-20-18)23-14-5-4-8-21(3)11-14/h6-7,9-10,14,22H,4-5,8,11H2,1-3H3/t14-/m1/s1. The molecule has 3 rings (SSSR count). The minimum Gasteiger partial charge on any atom is -0.507 e. The van der Waals surface area contributed by atoms with Crippen molar-refractivity contribution in [3.63, 3.8) is 0 Å². The van der Waals surface area contributed by atoms with Gasteiger partial charge in [-0.05, 0) is 69.6 Å². The van der Waals surface area contributed by atoms with Crippen molar-refractivity contribution in [1.29, 1.82) is 0 Å². The molecule has 0 radical (unpaired) electrons. The summed E-state index contributed by atoms with van der Waals surface area (Å²) in [6.45, 7) is 6.28. The molecule has 0 amide bonds. The van der Waals surface area contributed by atoms with Crippen LogP contribution in [0.25, 0.3) is 11.3 Å². The molecular weight excluding hydrogens is 306 g/mol. The van der Waals surface area contributed by atoms with Crippen molar-refractivity contribution in [3.8, 4) is 17.0 Å². The molecule has 122 valence electrons. The molecule has 2 aromatic rings. The van der Waals surface area contributed by atoms with Crippen LogP contribution in [0.5, 0.6) is 5.75 Å². The fourth-order valence-electron chi connectivity index (χ4n) is 3.01. The van der Waals surface area contributed by atoms with Gasteiger partial charge in [0.15, 0.2) is 0 Å². The maximum absolute atomic E-state index is 10.2. The van der Waals surface area contributed by atoms with Gasteiger partial charge in [-0.25, -0.2) is 0 Å². The highest BCUT2D eigenvalue weighted by atomic mass is 32.2. The maximum atomic E-state index is 10.2. The summed E-state index contributed by atoms with van der Waals surface area (Å²) in [6.07, 6.45) is 2.48. The first-order valence-corrected chi connectivity index (χ1v) is 8.90. The van der Waals surface area contributed by atoms with Crippen LogP contribution in [0.2, 0.25) is 0 Å². The lowest BCUT2D eigenvalue weighted by molar-refractivity contribution is 0.283. The Hall–Kier alpha value is -1.59. The summed E-state index contributed by atoms with van der Waals surface area (Å²) in [6, 6.07) is 7.74. The average Bonchev–Trinajstić information content (AvgIpc) is 2.48. The number of hydrogen-bond donors (Lipinski definition) is 1. The van der Waals surface area contributed by atoms with Crippen molar-refractivity contribution in [2.45, 2.75) is 37.0 Å². The molecule has 23 heavy (non-hydrogen) atoms. The summed E-state index contributed by atoms with van der Waals surface area (Å²) in [5.41, 5.74) is 3.58. The van der Waals surface area contributed by atoms with Gasteiger partial charge in [0.25, 0.3) is 0 Å². The van der Waals surface area contributed by atoms with Crippen molar-refractivity contribution in [1.82, 2.24) is 15.1 Å². The SMILES string of the molecule is Cc1ccc(-c2nnc(S[C@@H]3CCCN(C)C3)cc2C)c(O)c1. The van der Waals surface area contributed by atoms with Crippen molar-refractivity contribution in [2.24, 2.45) is 0 Å². The number of benzene rings is 1. The van der Waals surface area contributed by atoms with Gasteiger partial charge in [-0.15, -0.1) is 10.2 Å². The van der Waals surface area contributed by atoms with Crippen molar-refractivity contribution in [3.05, 3.63) is 35.4 Å². The van der Waals surface area contributed by atoms with E-state index in [1.807, 2.05) is 37.7 Å². The van der Waals surface area contributed by atoms with Gasteiger partial charge in [-0.2, -0.15) is 0 Å². The Morgan fingerprint density at radius 3 is 2.74 bits per heavy atom. The number of phenolic OH excluding ortho intramolecular Hbond substituents is 1. The Kier molecular flexibility index (Phi) is 4.87. The first kappa shape index (κ1) is 16.3. The minimum atomic E-state index is 0.261. The number of aromatic hydroxyl groups is 1. The van der Waals surface area contributed by atoms with Gasteiger partial charge in [0.2, 0.25) is 0 Å². The molecule has 0 bridgehead atoms. The van der Waals surface area contributed by atoms with Gasteiger partial charge in [0.05, 0.1) is 5.69 Å². The molecule has 0 aliphatic carbocycles. The van der Waals surface area contributed by atoms with Gasteiger partial charge in [0.1, 0.15) is 10.8 Å². The minimum absolute atomic E-state index is 0.261. The van der Waals surface area contributed by atoms with E-state index in [4.69, 9.17) is 0 Å². The number of likely N-dealkylation sites (tertiary alicyclic amines) is 1. The number of piperidine rings is 1. The Bertz CT molecular complexity index is 705. The number of rotatable bonds is 3. The van der Waals surface area contributed by atoms with Crippen LogP contribution in [0.4, 0.5) is 0 Å². The lowest BCUT2D eigenvalue weighted by Crippen LogP contribution is -2.33. The molecule has 4 nitrogen and oxygen atoms in total. The number of aryl methyl sites for hydroxylation is 2. The summed E-state index contributed by atoms with van der Waals surface area (Å²) in [7, 11) is 2.17. The van der Waals surface area contributed by atoms with E-state index >= 15 is 0 Å². The number of phenols is 1. The lowest BCUT2D eigenvalue weighted by Gasteiger charge is -2.28. The third-order valence-electron chi connectivity index (χ3n) is 4.24. The highest BCUT2D eigenvalue weighted by Crippen LogP contribution is 2.33. The van der Waals surface area contributed by atoms with Crippen LogP contribution in [0.15, 0.2) is 29.3 Å². The highest BCUT2D eigenvalue weighted by Gasteiger charge is 2.19. The lowest BCUT2D eigenvalue weighted by atomic mass is 10.0.